The molecule has 0 aromatic heterocycles. The molecule has 3 heteroatoms. The molecule has 0 unspecified atom stereocenters. The van der Waals surface area contributed by atoms with Crippen LogP contribution in [0.2, 0.25) is 0 Å². The van der Waals surface area contributed by atoms with E-state index in [0.29, 0.717) is 6.04 Å². The van der Waals surface area contributed by atoms with E-state index in [1.54, 1.807) is 0 Å². The third-order valence-corrected chi connectivity index (χ3v) is 3.68. The number of carbonyl (C=O) groups is 1. The lowest BCUT2D eigenvalue weighted by molar-refractivity contribution is -0.120. The van der Waals surface area contributed by atoms with Gasteiger partial charge in [0, 0.05) is 18.0 Å². The zero-order chi connectivity index (χ0) is 12.2. The van der Waals surface area contributed by atoms with E-state index in [0.717, 1.165) is 38.9 Å². The first-order valence-corrected chi connectivity index (χ1v) is 6.34. The molecule has 1 fully saturated rings. The summed E-state index contributed by atoms with van der Waals surface area (Å²) in [7, 11) is 4.14. The van der Waals surface area contributed by atoms with Gasteiger partial charge in [-0.1, -0.05) is 0 Å². The lowest BCUT2D eigenvalue weighted by atomic mass is 9.78. The maximum absolute atomic E-state index is 11.4. The summed E-state index contributed by atoms with van der Waals surface area (Å²) in [6.07, 6.45) is 4.43. The summed E-state index contributed by atoms with van der Waals surface area (Å²) in [6, 6.07) is 0.555. The largest absolute Gasteiger partial charge is 0.309 e. The monoisotopic (exact) mass is 226 g/mol. The van der Waals surface area contributed by atoms with Gasteiger partial charge in [-0.25, -0.2) is 0 Å². The number of hydrogen-bond acceptors (Lipinski definition) is 3. The summed E-state index contributed by atoms with van der Waals surface area (Å²) < 4.78 is 0. The van der Waals surface area contributed by atoms with Gasteiger partial charge in [0.05, 0.1) is 0 Å². The van der Waals surface area contributed by atoms with Crippen molar-refractivity contribution in [2.24, 2.45) is 5.41 Å². The van der Waals surface area contributed by atoms with Gasteiger partial charge in [0.25, 0.3) is 0 Å². The minimum Gasteiger partial charge on any atom is -0.309 e. The molecule has 94 valence electrons. The van der Waals surface area contributed by atoms with Crippen molar-refractivity contribution in [1.82, 2.24) is 9.80 Å². The van der Waals surface area contributed by atoms with Crippen molar-refractivity contribution in [3.05, 3.63) is 0 Å². The molecule has 1 atom stereocenters. The second-order valence-corrected chi connectivity index (χ2v) is 5.70. The normalized spacial score (nSPS) is 27.6. The number of piperidine rings is 1. The number of carbonyl (C=O) groups excluding carboxylic acids is 1. The van der Waals surface area contributed by atoms with Crippen LogP contribution in [0.1, 0.15) is 33.1 Å². The summed E-state index contributed by atoms with van der Waals surface area (Å²) in [5.74, 6) is 0. The molecular weight excluding hydrogens is 200 g/mol. The molecule has 0 N–H and O–H groups in total. The Bertz CT molecular complexity index is 228. The lowest BCUT2D eigenvalue weighted by Crippen LogP contribution is -2.48. The van der Waals surface area contributed by atoms with Crippen molar-refractivity contribution in [3.63, 3.8) is 0 Å². The number of likely N-dealkylation sites (tertiary alicyclic amines) is 1. The van der Waals surface area contributed by atoms with Crippen molar-refractivity contribution >= 4 is 6.29 Å². The van der Waals surface area contributed by atoms with E-state index >= 15 is 0 Å². The van der Waals surface area contributed by atoms with Crippen LogP contribution in [-0.2, 0) is 4.79 Å². The van der Waals surface area contributed by atoms with Gasteiger partial charge in [-0.3, -0.25) is 4.90 Å². The molecule has 1 rings (SSSR count). The van der Waals surface area contributed by atoms with Gasteiger partial charge in [-0.15, -0.1) is 0 Å². The molecule has 0 aliphatic carbocycles. The van der Waals surface area contributed by atoms with E-state index < -0.39 is 0 Å². The highest BCUT2D eigenvalue weighted by Crippen LogP contribution is 2.32. The van der Waals surface area contributed by atoms with Gasteiger partial charge < -0.3 is 9.69 Å². The second kappa shape index (κ2) is 5.78. The van der Waals surface area contributed by atoms with Crippen LogP contribution in [0, 0.1) is 5.41 Å². The Hall–Kier alpha value is -0.410. The van der Waals surface area contributed by atoms with E-state index in [1.165, 1.54) is 6.29 Å². The van der Waals surface area contributed by atoms with Crippen molar-refractivity contribution in [3.8, 4) is 0 Å². The summed E-state index contributed by atoms with van der Waals surface area (Å²) in [5.41, 5.74) is -0.0905. The molecule has 0 amide bonds. The Kier molecular flexibility index (Phi) is 4.93. The predicted octanol–water partition coefficient (Wildman–Crippen LogP) is 1.63. The highest BCUT2D eigenvalue weighted by molar-refractivity contribution is 5.60. The van der Waals surface area contributed by atoms with Gasteiger partial charge in [-0.2, -0.15) is 0 Å². The Balaban J connectivity index is 2.60. The summed E-state index contributed by atoms with van der Waals surface area (Å²) in [5, 5.41) is 0. The van der Waals surface area contributed by atoms with Crippen LogP contribution in [0.15, 0.2) is 0 Å². The van der Waals surface area contributed by atoms with Gasteiger partial charge in [0.1, 0.15) is 6.29 Å². The van der Waals surface area contributed by atoms with Crippen LogP contribution in [0.25, 0.3) is 0 Å². The van der Waals surface area contributed by atoms with Gasteiger partial charge >= 0.3 is 0 Å². The molecule has 0 aromatic rings. The smallest absolute Gasteiger partial charge is 0.127 e. The Morgan fingerprint density at radius 3 is 2.62 bits per heavy atom. The van der Waals surface area contributed by atoms with Gasteiger partial charge in [-0.05, 0) is 60.3 Å². The summed E-state index contributed by atoms with van der Waals surface area (Å²) in [6.45, 7) is 7.53. The molecule has 16 heavy (non-hydrogen) atoms. The molecule has 1 aliphatic rings. The summed E-state index contributed by atoms with van der Waals surface area (Å²) >= 11 is 0. The number of nitrogens with zero attached hydrogens (tertiary/aromatic N) is 2. The van der Waals surface area contributed by atoms with Crippen LogP contribution in [-0.4, -0.2) is 55.9 Å². The number of aldehydes is 1. The average molecular weight is 226 g/mol. The van der Waals surface area contributed by atoms with Crippen LogP contribution in [0.4, 0.5) is 0 Å². The van der Waals surface area contributed by atoms with Crippen LogP contribution in [0.3, 0.4) is 0 Å². The van der Waals surface area contributed by atoms with E-state index in [1.807, 2.05) is 0 Å². The Labute approximate surface area is 99.8 Å². The maximum atomic E-state index is 11.4. The van der Waals surface area contributed by atoms with Crippen LogP contribution >= 0.6 is 0 Å². The zero-order valence-electron chi connectivity index (χ0n) is 11.2. The fraction of sp³-hybridized carbons (Fsp3) is 0.923. The van der Waals surface area contributed by atoms with E-state index in [-0.39, 0.29) is 5.41 Å². The molecule has 1 saturated heterocycles. The first-order chi connectivity index (χ1) is 7.49. The van der Waals surface area contributed by atoms with E-state index in [2.05, 4.69) is 37.7 Å². The first kappa shape index (κ1) is 13.7. The Morgan fingerprint density at radius 2 is 2.12 bits per heavy atom. The fourth-order valence-corrected chi connectivity index (χ4v) is 2.44. The van der Waals surface area contributed by atoms with Crippen LogP contribution < -0.4 is 0 Å². The van der Waals surface area contributed by atoms with Crippen molar-refractivity contribution in [2.45, 2.75) is 39.2 Å². The topological polar surface area (TPSA) is 23.6 Å². The summed E-state index contributed by atoms with van der Waals surface area (Å²) in [4.78, 5) is 16.0. The predicted molar refractivity (Wildman–Crippen MR) is 67.6 cm³/mol. The first-order valence-electron chi connectivity index (χ1n) is 6.34. The SMILES string of the molecule is CC(C)N1CCC[C@](C=O)(CCN(C)C)C1. The van der Waals surface area contributed by atoms with Gasteiger partial charge in [0.2, 0.25) is 0 Å². The maximum Gasteiger partial charge on any atom is 0.127 e. The molecule has 0 saturated carbocycles. The number of hydrogen-bond donors (Lipinski definition) is 0. The molecule has 1 heterocycles. The third kappa shape index (κ3) is 3.56. The number of rotatable bonds is 5. The second-order valence-electron chi connectivity index (χ2n) is 5.70. The van der Waals surface area contributed by atoms with Gasteiger partial charge in [0.15, 0.2) is 0 Å². The molecule has 1 aliphatic heterocycles. The van der Waals surface area contributed by atoms with Crippen molar-refractivity contribution < 1.29 is 4.79 Å². The highest BCUT2D eigenvalue weighted by atomic mass is 16.1. The molecule has 0 radical (unpaired) electrons. The Morgan fingerprint density at radius 1 is 1.44 bits per heavy atom. The molecule has 0 spiro atoms. The fourth-order valence-electron chi connectivity index (χ4n) is 2.44. The molecule has 3 nitrogen and oxygen atoms in total. The lowest BCUT2D eigenvalue weighted by Gasteiger charge is -2.41. The minimum atomic E-state index is -0.0905. The van der Waals surface area contributed by atoms with E-state index in [4.69, 9.17) is 0 Å². The standard InChI is InChI=1S/C13H26N2O/c1-12(2)15-8-5-6-13(10-15,11-16)7-9-14(3)4/h11-12H,5-10H2,1-4H3/t13-/m0/s1. The average Bonchev–Trinajstić information content (AvgIpc) is 2.26. The quantitative estimate of drug-likeness (QED) is 0.666. The molecule has 0 bridgehead atoms. The van der Waals surface area contributed by atoms with Crippen molar-refractivity contribution in [2.75, 3.05) is 33.7 Å². The third-order valence-electron chi connectivity index (χ3n) is 3.68. The van der Waals surface area contributed by atoms with Crippen LogP contribution in [0.5, 0.6) is 0 Å². The molecular formula is C13H26N2O. The van der Waals surface area contributed by atoms with E-state index in [9.17, 15) is 4.79 Å². The highest BCUT2D eigenvalue weighted by Gasteiger charge is 2.35. The zero-order valence-corrected chi connectivity index (χ0v) is 11.2. The molecule has 0 aromatic carbocycles. The minimum absolute atomic E-state index is 0.0905. The van der Waals surface area contributed by atoms with Crippen molar-refractivity contribution in [1.29, 1.82) is 0 Å².